The largest absolute Gasteiger partial charge is 0.383 e. The summed E-state index contributed by atoms with van der Waals surface area (Å²) in [6.45, 7) is 2.08. The minimum atomic E-state index is 0.598. The van der Waals surface area contributed by atoms with Crippen LogP contribution in [0.4, 0.5) is 5.82 Å². The number of hydrogen-bond acceptors (Lipinski definition) is 3. The lowest BCUT2D eigenvalue weighted by atomic mass is 10.1. The minimum Gasteiger partial charge on any atom is -0.383 e. The lowest BCUT2D eigenvalue weighted by Crippen LogP contribution is -1.91. The fourth-order valence-electron chi connectivity index (χ4n) is 1.25. The highest BCUT2D eigenvalue weighted by molar-refractivity contribution is 7.10. The van der Waals surface area contributed by atoms with E-state index < -0.39 is 0 Å². The molecule has 0 aliphatic carbocycles. The molecule has 0 radical (unpaired) electrons. The van der Waals surface area contributed by atoms with Gasteiger partial charge in [-0.25, -0.2) is 4.98 Å². The maximum atomic E-state index is 5.76. The van der Waals surface area contributed by atoms with Gasteiger partial charge in [-0.3, -0.25) is 0 Å². The monoisotopic (exact) mass is 190 g/mol. The zero-order valence-corrected chi connectivity index (χ0v) is 8.14. The maximum absolute atomic E-state index is 5.76. The van der Waals surface area contributed by atoms with Crippen LogP contribution < -0.4 is 5.73 Å². The van der Waals surface area contributed by atoms with Crippen LogP contribution in [0.2, 0.25) is 0 Å². The van der Waals surface area contributed by atoms with Crippen LogP contribution in [0.1, 0.15) is 4.88 Å². The van der Waals surface area contributed by atoms with Gasteiger partial charge in [0.1, 0.15) is 5.82 Å². The van der Waals surface area contributed by atoms with Gasteiger partial charge in [0, 0.05) is 16.6 Å². The third-order valence-corrected chi connectivity index (χ3v) is 2.74. The van der Waals surface area contributed by atoms with Crippen LogP contribution in [0.3, 0.4) is 0 Å². The molecule has 0 atom stereocenters. The molecule has 0 saturated heterocycles. The second kappa shape index (κ2) is 3.18. The first kappa shape index (κ1) is 8.26. The second-order valence-corrected chi connectivity index (χ2v) is 4.00. The average molecular weight is 190 g/mol. The molecule has 0 spiro atoms. The number of nitrogens with zero attached hydrogens (tertiary/aromatic N) is 1. The molecule has 0 bridgehead atoms. The molecule has 0 amide bonds. The topological polar surface area (TPSA) is 38.9 Å². The van der Waals surface area contributed by atoms with Gasteiger partial charge in [0.2, 0.25) is 0 Å². The fourth-order valence-corrected chi connectivity index (χ4v) is 1.95. The Bertz CT molecular complexity index is 420. The molecule has 2 heterocycles. The molecule has 0 fully saturated rings. The van der Waals surface area contributed by atoms with Crippen LogP contribution in [-0.2, 0) is 0 Å². The normalized spacial score (nSPS) is 10.2. The molecule has 66 valence electrons. The average Bonchev–Trinajstić information content (AvgIpc) is 2.53. The maximum Gasteiger partial charge on any atom is 0.131 e. The highest BCUT2D eigenvalue weighted by atomic mass is 32.1. The molecule has 2 aromatic heterocycles. The fraction of sp³-hybridized carbons (Fsp3) is 0.100. The van der Waals surface area contributed by atoms with E-state index in [4.69, 9.17) is 5.73 Å². The summed E-state index contributed by atoms with van der Waals surface area (Å²) in [5.41, 5.74) is 7.94. The summed E-state index contributed by atoms with van der Waals surface area (Å²) >= 11 is 1.72. The third kappa shape index (κ3) is 1.55. The van der Waals surface area contributed by atoms with Gasteiger partial charge in [-0.05, 0) is 36.1 Å². The molecule has 2 aromatic rings. The molecule has 2 N–H and O–H groups in total. The summed E-state index contributed by atoms with van der Waals surface area (Å²) in [6, 6.07) is 6.01. The van der Waals surface area contributed by atoms with Crippen molar-refractivity contribution < 1.29 is 0 Å². The number of pyridine rings is 1. The Hall–Kier alpha value is -1.35. The van der Waals surface area contributed by atoms with Gasteiger partial charge in [-0.2, -0.15) is 0 Å². The summed E-state index contributed by atoms with van der Waals surface area (Å²) in [5.74, 6) is 0.598. The predicted octanol–water partition coefficient (Wildman–Crippen LogP) is 2.70. The van der Waals surface area contributed by atoms with Gasteiger partial charge in [-0.15, -0.1) is 11.3 Å². The van der Waals surface area contributed by atoms with E-state index in [1.807, 2.05) is 12.1 Å². The number of hydrogen-bond donors (Lipinski definition) is 1. The standard InChI is InChI=1S/C10H10N2S/c1-7-5-8(6-13-7)9-3-2-4-12-10(9)11/h2-6H,1H3,(H2,11,12). The van der Waals surface area contributed by atoms with Crippen molar-refractivity contribution in [2.24, 2.45) is 0 Å². The first-order valence-corrected chi connectivity index (χ1v) is 4.91. The van der Waals surface area contributed by atoms with Gasteiger partial charge in [0.15, 0.2) is 0 Å². The van der Waals surface area contributed by atoms with E-state index in [1.54, 1.807) is 17.5 Å². The molecule has 0 unspecified atom stereocenters. The summed E-state index contributed by atoms with van der Waals surface area (Å²) < 4.78 is 0. The molecule has 0 aromatic carbocycles. The Labute approximate surface area is 81.1 Å². The first-order chi connectivity index (χ1) is 6.27. The molecular weight excluding hydrogens is 180 g/mol. The van der Waals surface area contributed by atoms with Crippen molar-refractivity contribution in [1.29, 1.82) is 0 Å². The van der Waals surface area contributed by atoms with Gasteiger partial charge in [0.25, 0.3) is 0 Å². The van der Waals surface area contributed by atoms with Crippen molar-refractivity contribution in [2.45, 2.75) is 6.92 Å². The van der Waals surface area contributed by atoms with Crippen molar-refractivity contribution in [3.8, 4) is 11.1 Å². The molecule has 0 aliphatic rings. The molecule has 13 heavy (non-hydrogen) atoms. The van der Waals surface area contributed by atoms with E-state index in [-0.39, 0.29) is 0 Å². The number of nitrogen functional groups attached to an aromatic ring is 1. The molecule has 2 rings (SSSR count). The first-order valence-electron chi connectivity index (χ1n) is 4.03. The van der Waals surface area contributed by atoms with Gasteiger partial charge in [-0.1, -0.05) is 0 Å². The van der Waals surface area contributed by atoms with Gasteiger partial charge in [0.05, 0.1) is 0 Å². The summed E-state index contributed by atoms with van der Waals surface area (Å²) in [6.07, 6.45) is 1.71. The van der Waals surface area contributed by atoms with Crippen LogP contribution in [0.5, 0.6) is 0 Å². The summed E-state index contributed by atoms with van der Waals surface area (Å²) in [5, 5.41) is 2.10. The number of aryl methyl sites for hydroxylation is 1. The van der Waals surface area contributed by atoms with Crippen molar-refractivity contribution in [1.82, 2.24) is 4.98 Å². The van der Waals surface area contributed by atoms with Crippen molar-refractivity contribution in [3.63, 3.8) is 0 Å². The van der Waals surface area contributed by atoms with Crippen molar-refractivity contribution in [2.75, 3.05) is 5.73 Å². The molecule has 0 aliphatic heterocycles. The minimum absolute atomic E-state index is 0.598. The number of aromatic nitrogens is 1. The van der Waals surface area contributed by atoms with E-state index in [1.165, 1.54) is 4.88 Å². The number of thiophene rings is 1. The second-order valence-electron chi connectivity index (χ2n) is 2.88. The summed E-state index contributed by atoms with van der Waals surface area (Å²) in [7, 11) is 0. The Morgan fingerprint density at radius 2 is 2.31 bits per heavy atom. The lowest BCUT2D eigenvalue weighted by Gasteiger charge is -1.99. The SMILES string of the molecule is Cc1cc(-c2cccnc2N)cs1. The van der Waals surface area contributed by atoms with E-state index in [0.29, 0.717) is 5.82 Å². The highest BCUT2D eigenvalue weighted by Gasteiger charge is 2.03. The van der Waals surface area contributed by atoms with Gasteiger partial charge < -0.3 is 5.73 Å². The smallest absolute Gasteiger partial charge is 0.131 e. The Balaban J connectivity index is 2.52. The lowest BCUT2D eigenvalue weighted by molar-refractivity contribution is 1.34. The third-order valence-electron chi connectivity index (χ3n) is 1.88. The molecule has 0 saturated carbocycles. The number of anilines is 1. The Morgan fingerprint density at radius 3 is 2.92 bits per heavy atom. The quantitative estimate of drug-likeness (QED) is 0.751. The van der Waals surface area contributed by atoms with Crippen LogP contribution in [0.15, 0.2) is 29.8 Å². The molecule has 2 nitrogen and oxygen atoms in total. The van der Waals surface area contributed by atoms with Crippen LogP contribution >= 0.6 is 11.3 Å². The predicted molar refractivity (Wildman–Crippen MR) is 56.7 cm³/mol. The summed E-state index contributed by atoms with van der Waals surface area (Å²) in [4.78, 5) is 5.34. The van der Waals surface area contributed by atoms with Crippen LogP contribution in [-0.4, -0.2) is 4.98 Å². The van der Waals surface area contributed by atoms with E-state index in [9.17, 15) is 0 Å². The molecule has 3 heteroatoms. The van der Waals surface area contributed by atoms with Crippen molar-refractivity contribution >= 4 is 17.2 Å². The zero-order valence-electron chi connectivity index (χ0n) is 7.32. The van der Waals surface area contributed by atoms with E-state index >= 15 is 0 Å². The highest BCUT2D eigenvalue weighted by Crippen LogP contribution is 2.27. The number of rotatable bonds is 1. The Kier molecular flexibility index (Phi) is 2.02. The number of nitrogens with two attached hydrogens (primary N) is 1. The van der Waals surface area contributed by atoms with Gasteiger partial charge >= 0.3 is 0 Å². The van der Waals surface area contributed by atoms with E-state index in [2.05, 4.69) is 23.4 Å². The van der Waals surface area contributed by atoms with Crippen molar-refractivity contribution in [3.05, 3.63) is 34.7 Å². The zero-order chi connectivity index (χ0) is 9.26. The molecular formula is C10H10N2S. The van der Waals surface area contributed by atoms with Crippen LogP contribution in [0.25, 0.3) is 11.1 Å². The Morgan fingerprint density at radius 1 is 1.46 bits per heavy atom. The van der Waals surface area contributed by atoms with E-state index in [0.717, 1.165) is 11.1 Å². The van der Waals surface area contributed by atoms with Crippen LogP contribution in [0, 0.1) is 6.92 Å².